The van der Waals surface area contributed by atoms with Crippen molar-refractivity contribution in [2.45, 2.75) is 0 Å². The summed E-state index contributed by atoms with van der Waals surface area (Å²) in [4.78, 5) is 35.3. The number of carbonyl (C=O) groups excluding carboxylic acids is 1. The molecule has 0 aliphatic carbocycles. The van der Waals surface area contributed by atoms with Gasteiger partial charge in [-0.15, -0.1) is 0 Å². The van der Waals surface area contributed by atoms with Crippen LogP contribution in [-0.4, -0.2) is 42.1 Å². The summed E-state index contributed by atoms with van der Waals surface area (Å²) in [7, 11) is 0. The fourth-order valence-electron chi connectivity index (χ4n) is 3.21. The highest BCUT2D eigenvalue weighted by Crippen LogP contribution is 2.17. The van der Waals surface area contributed by atoms with E-state index in [1.165, 1.54) is 6.20 Å². The molecule has 1 saturated heterocycles. The number of halogens is 1. The third-order valence-corrected chi connectivity index (χ3v) is 4.92. The average molecular weight is 385 g/mol. The van der Waals surface area contributed by atoms with Crippen molar-refractivity contribution in [1.29, 1.82) is 0 Å². The fraction of sp³-hybridized carbons (Fsp3) is 0.211. The predicted molar refractivity (Wildman–Crippen MR) is 105 cm³/mol. The number of benzene rings is 1. The van der Waals surface area contributed by atoms with Gasteiger partial charge in [-0.25, -0.2) is 9.78 Å². The number of pyridine rings is 2. The van der Waals surface area contributed by atoms with Crippen molar-refractivity contribution in [2.24, 2.45) is 0 Å². The molecule has 1 aliphatic rings. The van der Waals surface area contributed by atoms with Gasteiger partial charge in [-0.2, -0.15) is 0 Å². The first kappa shape index (κ1) is 17.4. The summed E-state index contributed by atoms with van der Waals surface area (Å²) >= 11 is 5.95. The van der Waals surface area contributed by atoms with Crippen LogP contribution in [0.1, 0.15) is 0 Å². The summed E-state index contributed by atoms with van der Waals surface area (Å²) in [6.07, 6.45) is 3.39. The van der Waals surface area contributed by atoms with Crippen LogP contribution in [0.15, 0.2) is 53.6 Å². The van der Waals surface area contributed by atoms with E-state index in [2.05, 4.69) is 20.2 Å². The molecule has 27 heavy (non-hydrogen) atoms. The Bertz CT molecular complexity index is 1030. The Hall–Kier alpha value is -3.06. The number of fused-ring (bicyclic) bond motifs is 1. The van der Waals surface area contributed by atoms with Crippen LogP contribution in [0.3, 0.4) is 0 Å². The van der Waals surface area contributed by atoms with Gasteiger partial charge in [0.15, 0.2) is 0 Å². The quantitative estimate of drug-likeness (QED) is 0.711. The maximum atomic E-state index is 12.6. The first-order valence-electron chi connectivity index (χ1n) is 8.70. The van der Waals surface area contributed by atoms with E-state index in [9.17, 15) is 9.59 Å². The van der Waals surface area contributed by atoms with Gasteiger partial charge < -0.3 is 15.2 Å². The zero-order chi connectivity index (χ0) is 18.8. The van der Waals surface area contributed by atoms with Gasteiger partial charge >= 0.3 is 6.03 Å². The molecule has 3 N–H and O–H groups in total. The zero-order valence-electron chi connectivity index (χ0n) is 14.5. The van der Waals surface area contributed by atoms with E-state index >= 15 is 0 Å². The molecular formula is C19H19ClN5O2+. The number of H-pyrrole nitrogens is 2. The van der Waals surface area contributed by atoms with Crippen LogP contribution in [0.2, 0.25) is 5.02 Å². The van der Waals surface area contributed by atoms with Gasteiger partial charge in [0.2, 0.25) is 5.43 Å². The first-order valence-corrected chi connectivity index (χ1v) is 9.08. The highest BCUT2D eigenvalue weighted by Gasteiger charge is 2.26. The second kappa shape index (κ2) is 7.28. The molecule has 2 amide bonds. The van der Waals surface area contributed by atoms with Crippen LogP contribution in [0, 0.1) is 0 Å². The Kier molecular flexibility index (Phi) is 4.68. The molecule has 2 aromatic heterocycles. The minimum Gasteiger partial charge on any atom is -0.359 e. The normalized spacial score (nSPS) is 14.4. The maximum Gasteiger partial charge on any atom is 0.322 e. The number of amides is 2. The number of piperazine rings is 1. The minimum atomic E-state index is -0.273. The van der Waals surface area contributed by atoms with Gasteiger partial charge in [0.1, 0.15) is 18.8 Å². The summed E-state index contributed by atoms with van der Waals surface area (Å²) in [5, 5.41) is 3.76. The number of anilines is 2. The lowest BCUT2D eigenvalue weighted by molar-refractivity contribution is -0.364. The molecule has 0 atom stereocenters. The summed E-state index contributed by atoms with van der Waals surface area (Å²) in [6.45, 7) is 2.60. The standard InChI is InChI=1S/C19H18ClN5O2/c20-13-4-5-14-15(11-13)22-12-16(18(14)26)23-19(27)25-9-7-24(8-10-25)17-3-1-2-6-21-17/h1-6,11-12H,7-10H2,(H,22,26)(H,23,27)/p+1. The Morgan fingerprint density at radius 2 is 1.96 bits per heavy atom. The van der Waals surface area contributed by atoms with E-state index in [4.69, 9.17) is 11.6 Å². The molecule has 0 saturated carbocycles. The van der Waals surface area contributed by atoms with Gasteiger partial charge in [-0.3, -0.25) is 9.69 Å². The van der Waals surface area contributed by atoms with Crippen molar-refractivity contribution in [2.75, 3.05) is 36.4 Å². The third kappa shape index (κ3) is 3.59. The Labute approximate surface area is 160 Å². The second-order valence-corrected chi connectivity index (χ2v) is 6.81. The SMILES string of the molecule is O=C(Nc1c[nH]c2cc(Cl)ccc2c1=O)N1CCN(c2cccc[nH+]2)CC1. The number of hydrogen-bond donors (Lipinski definition) is 2. The molecule has 4 rings (SSSR count). The van der Waals surface area contributed by atoms with Gasteiger partial charge in [-0.05, 0) is 24.3 Å². The molecule has 7 nitrogen and oxygen atoms in total. The summed E-state index contributed by atoms with van der Waals surface area (Å²) in [6, 6.07) is 10.6. The molecule has 1 aliphatic heterocycles. The number of rotatable bonds is 2. The molecule has 3 aromatic rings. The number of urea groups is 1. The summed E-state index contributed by atoms with van der Waals surface area (Å²) in [5.74, 6) is 1.03. The number of aromatic amines is 2. The van der Waals surface area contributed by atoms with E-state index in [0.29, 0.717) is 29.0 Å². The van der Waals surface area contributed by atoms with Crippen molar-refractivity contribution in [3.8, 4) is 0 Å². The third-order valence-electron chi connectivity index (χ3n) is 4.68. The number of nitrogens with zero attached hydrogens (tertiary/aromatic N) is 2. The van der Waals surface area contributed by atoms with Crippen molar-refractivity contribution in [1.82, 2.24) is 9.88 Å². The molecule has 3 heterocycles. The number of carbonyl (C=O) groups is 1. The number of aromatic nitrogens is 2. The summed E-state index contributed by atoms with van der Waals surface area (Å²) in [5.41, 5.74) is 0.637. The molecule has 1 aromatic carbocycles. The van der Waals surface area contributed by atoms with E-state index in [1.807, 2.05) is 24.4 Å². The van der Waals surface area contributed by atoms with E-state index in [-0.39, 0.29) is 17.1 Å². The monoisotopic (exact) mass is 384 g/mol. The highest BCUT2D eigenvalue weighted by molar-refractivity contribution is 6.31. The van der Waals surface area contributed by atoms with Crippen molar-refractivity contribution in [3.05, 3.63) is 64.0 Å². The molecular weight excluding hydrogens is 366 g/mol. The van der Waals surface area contributed by atoms with Crippen molar-refractivity contribution >= 4 is 40.0 Å². The van der Waals surface area contributed by atoms with Crippen LogP contribution in [0.5, 0.6) is 0 Å². The molecule has 138 valence electrons. The topological polar surface area (TPSA) is 82.6 Å². The molecule has 0 unspecified atom stereocenters. The van der Waals surface area contributed by atoms with Crippen LogP contribution in [0.4, 0.5) is 16.3 Å². The molecule has 1 fully saturated rings. The van der Waals surface area contributed by atoms with Crippen LogP contribution in [0.25, 0.3) is 10.9 Å². The van der Waals surface area contributed by atoms with Crippen molar-refractivity contribution in [3.63, 3.8) is 0 Å². The molecule has 0 spiro atoms. The molecule has 0 radical (unpaired) electrons. The Morgan fingerprint density at radius 3 is 2.70 bits per heavy atom. The predicted octanol–water partition coefficient (Wildman–Crippen LogP) is 2.35. The zero-order valence-corrected chi connectivity index (χ0v) is 15.3. The molecule has 8 heteroatoms. The van der Waals surface area contributed by atoms with Gasteiger partial charge in [0.25, 0.3) is 5.82 Å². The first-order chi connectivity index (χ1) is 13.1. The number of nitrogens with one attached hydrogen (secondary N) is 3. The Morgan fingerprint density at radius 1 is 1.15 bits per heavy atom. The summed E-state index contributed by atoms with van der Waals surface area (Å²) < 4.78 is 0. The van der Waals surface area contributed by atoms with Crippen LogP contribution in [-0.2, 0) is 0 Å². The van der Waals surface area contributed by atoms with Crippen molar-refractivity contribution < 1.29 is 9.78 Å². The van der Waals surface area contributed by atoms with Gasteiger partial charge in [-0.1, -0.05) is 17.7 Å². The number of hydrogen-bond acceptors (Lipinski definition) is 3. The largest absolute Gasteiger partial charge is 0.359 e. The fourth-order valence-corrected chi connectivity index (χ4v) is 3.38. The minimum absolute atomic E-state index is 0.230. The maximum absolute atomic E-state index is 12.6. The lowest BCUT2D eigenvalue weighted by Gasteiger charge is -2.30. The lowest BCUT2D eigenvalue weighted by Crippen LogP contribution is -2.51. The second-order valence-electron chi connectivity index (χ2n) is 6.37. The molecule has 0 bridgehead atoms. The Balaban J connectivity index is 1.44. The van der Waals surface area contributed by atoms with Crippen LogP contribution >= 0.6 is 11.6 Å². The highest BCUT2D eigenvalue weighted by atomic mass is 35.5. The lowest BCUT2D eigenvalue weighted by atomic mass is 10.2. The average Bonchev–Trinajstić information content (AvgIpc) is 2.71. The van der Waals surface area contributed by atoms with Gasteiger partial charge in [0, 0.05) is 22.7 Å². The van der Waals surface area contributed by atoms with E-state index in [0.717, 1.165) is 18.9 Å². The van der Waals surface area contributed by atoms with E-state index < -0.39 is 0 Å². The van der Waals surface area contributed by atoms with E-state index in [1.54, 1.807) is 23.1 Å². The van der Waals surface area contributed by atoms with Gasteiger partial charge in [0.05, 0.1) is 24.8 Å². The van der Waals surface area contributed by atoms with Crippen LogP contribution < -0.4 is 20.6 Å². The smallest absolute Gasteiger partial charge is 0.322 e.